The first-order valence-corrected chi connectivity index (χ1v) is 17.8. The molecule has 0 radical (unpaired) electrons. The van der Waals surface area contributed by atoms with Crippen LogP contribution in [0, 0.1) is 22.7 Å². The number of carbonyl (C=O) groups is 4. The van der Waals surface area contributed by atoms with Gasteiger partial charge in [-0.2, -0.15) is 0 Å². The Balaban J connectivity index is 1.31. The van der Waals surface area contributed by atoms with E-state index in [1.54, 1.807) is 0 Å². The summed E-state index contributed by atoms with van der Waals surface area (Å²) in [7, 11) is 0. The molecule has 2 unspecified atom stereocenters. The van der Waals surface area contributed by atoms with Crippen molar-refractivity contribution in [2.75, 3.05) is 10.6 Å². The number of hydrogen-bond donors (Lipinski definition) is 4. The zero-order valence-corrected chi connectivity index (χ0v) is 28.9. The van der Waals surface area contributed by atoms with Crippen LogP contribution >= 0.6 is 22.7 Å². The maximum absolute atomic E-state index is 12.8. The summed E-state index contributed by atoms with van der Waals surface area (Å²) in [6, 6.07) is 0. The van der Waals surface area contributed by atoms with Gasteiger partial charge in [-0.05, 0) is 85.2 Å². The van der Waals surface area contributed by atoms with Crippen molar-refractivity contribution in [3.8, 4) is 0 Å². The van der Waals surface area contributed by atoms with E-state index in [-0.39, 0.29) is 35.5 Å². The molecule has 2 atom stereocenters. The van der Waals surface area contributed by atoms with Gasteiger partial charge in [-0.1, -0.05) is 54.4 Å². The number of nitrogens with one attached hydrogen (secondary N) is 2. The number of thiophene rings is 2. The van der Waals surface area contributed by atoms with E-state index in [0.717, 1.165) is 72.2 Å². The molecule has 0 bridgehead atoms. The van der Waals surface area contributed by atoms with E-state index in [4.69, 9.17) is 11.5 Å². The van der Waals surface area contributed by atoms with Crippen molar-refractivity contribution in [3.05, 3.63) is 32.0 Å². The van der Waals surface area contributed by atoms with Gasteiger partial charge in [-0.15, -0.1) is 22.7 Å². The molecule has 0 saturated carbocycles. The molecule has 242 valence electrons. The average Bonchev–Trinajstić information content (AvgIpc) is 3.51. The minimum absolute atomic E-state index is 0.191. The minimum Gasteiger partial charge on any atom is -0.365 e. The van der Waals surface area contributed by atoms with Gasteiger partial charge in [0, 0.05) is 22.6 Å². The molecule has 2 heterocycles. The van der Waals surface area contributed by atoms with Gasteiger partial charge in [0.05, 0.1) is 11.1 Å². The summed E-state index contributed by atoms with van der Waals surface area (Å²) in [5.74, 6) is -0.335. The number of primary amides is 2. The number of anilines is 2. The third-order valence-corrected chi connectivity index (χ3v) is 13.0. The largest absolute Gasteiger partial charge is 0.365 e. The van der Waals surface area contributed by atoms with E-state index >= 15 is 0 Å². The first kappa shape index (κ1) is 34.2. The van der Waals surface area contributed by atoms with E-state index in [2.05, 4.69) is 52.2 Å². The van der Waals surface area contributed by atoms with E-state index in [1.807, 2.05) is 0 Å². The third-order valence-electron chi connectivity index (χ3n) is 10.6. The smallest absolute Gasteiger partial charge is 0.251 e. The van der Waals surface area contributed by atoms with Crippen molar-refractivity contribution in [1.29, 1.82) is 0 Å². The molecule has 0 spiro atoms. The van der Waals surface area contributed by atoms with Crippen molar-refractivity contribution in [3.63, 3.8) is 0 Å². The Bertz CT molecular complexity index is 1310. The van der Waals surface area contributed by atoms with Gasteiger partial charge < -0.3 is 22.1 Å². The number of carbonyl (C=O) groups excluding carboxylic acids is 4. The molecule has 4 amide bonds. The molecule has 10 heteroatoms. The molecule has 44 heavy (non-hydrogen) atoms. The summed E-state index contributed by atoms with van der Waals surface area (Å²) in [4.78, 5) is 52.7. The van der Waals surface area contributed by atoms with Gasteiger partial charge >= 0.3 is 0 Å². The van der Waals surface area contributed by atoms with Crippen LogP contribution in [-0.4, -0.2) is 23.6 Å². The van der Waals surface area contributed by atoms with Crippen LogP contribution in [0.4, 0.5) is 10.0 Å². The van der Waals surface area contributed by atoms with E-state index in [1.165, 1.54) is 22.7 Å². The quantitative estimate of drug-likeness (QED) is 0.171. The van der Waals surface area contributed by atoms with Gasteiger partial charge in [0.2, 0.25) is 11.8 Å². The zero-order valence-electron chi connectivity index (χ0n) is 27.2. The van der Waals surface area contributed by atoms with Crippen molar-refractivity contribution in [1.82, 2.24) is 0 Å². The Labute approximate surface area is 270 Å². The fraction of sp³-hybridized carbons (Fsp3) is 0.647. The highest BCUT2D eigenvalue weighted by atomic mass is 32.1. The zero-order chi connectivity index (χ0) is 32.4. The van der Waals surface area contributed by atoms with Gasteiger partial charge in [0.25, 0.3) is 11.8 Å². The second-order valence-corrected chi connectivity index (χ2v) is 16.2. The fourth-order valence-corrected chi connectivity index (χ4v) is 9.43. The van der Waals surface area contributed by atoms with Gasteiger partial charge in [0.1, 0.15) is 10.0 Å². The van der Waals surface area contributed by atoms with E-state index < -0.39 is 11.8 Å². The van der Waals surface area contributed by atoms with Crippen molar-refractivity contribution in [2.45, 2.75) is 119 Å². The predicted molar refractivity (Wildman–Crippen MR) is 181 cm³/mol. The Morgan fingerprint density at radius 3 is 1.39 bits per heavy atom. The highest BCUT2D eigenvalue weighted by molar-refractivity contribution is 7.17. The second-order valence-electron chi connectivity index (χ2n) is 14.0. The third kappa shape index (κ3) is 7.39. The van der Waals surface area contributed by atoms with Crippen LogP contribution in [0.15, 0.2) is 0 Å². The lowest BCUT2D eigenvalue weighted by Crippen LogP contribution is -2.29. The van der Waals surface area contributed by atoms with Gasteiger partial charge in [-0.3, -0.25) is 19.2 Å². The highest BCUT2D eigenvalue weighted by Gasteiger charge is 2.36. The molecule has 6 N–H and O–H groups in total. The molecular weight excluding hydrogens is 593 g/mol. The van der Waals surface area contributed by atoms with Crippen LogP contribution in [0.5, 0.6) is 0 Å². The Morgan fingerprint density at radius 2 is 1.07 bits per heavy atom. The average molecular weight is 643 g/mol. The molecule has 0 aromatic carbocycles. The number of rotatable bonds is 13. The normalized spacial score (nSPS) is 18.3. The highest BCUT2D eigenvalue weighted by Crippen LogP contribution is 2.47. The SMILES string of the molecule is CCC(C)(C)C1CCc2c(sc(NC(=O)CCCCC(=O)Nc3sc4c(c3C(N)=O)CCC(C(C)(C)CC)C4)c2C(N)=O)C1. The van der Waals surface area contributed by atoms with Crippen LogP contribution in [0.1, 0.15) is 135 Å². The summed E-state index contributed by atoms with van der Waals surface area (Å²) in [5.41, 5.74) is 14.8. The van der Waals surface area contributed by atoms with E-state index in [9.17, 15) is 19.2 Å². The topological polar surface area (TPSA) is 144 Å². The van der Waals surface area contributed by atoms with Crippen molar-refractivity contribution < 1.29 is 19.2 Å². The molecule has 2 aliphatic carbocycles. The van der Waals surface area contributed by atoms with Crippen molar-refractivity contribution in [2.24, 2.45) is 34.1 Å². The summed E-state index contributed by atoms with van der Waals surface area (Å²) in [6.45, 7) is 13.6. The lowest BCUT2D eigenvalue weighted by Gasteiger charge is -2.36. The van der Waals surface area contributed by atoms with Gasteiger partial charge in [-0.25, -0.2) is 0 Å². The molecule has 2 aromatic rings. The summed E-state index contributed by atoms with van der Waals surface area (Å²) in [6.07, 6.45) is 9.06. The number of fused-ring (bicyclic) bond motifs is 2. The summed E-state index contributed by atoms with van der Waals surface area (Å²) < 4.78 is 0. The van der Waals surface area contributed by atoms with Crippen LogP contribution in [0.3, 0.4) is 0 Å². The van der Waals surface area contributed by atoms with Crippen LogP contribution in [0.2, 0.25) is 0 Å². The maximum atomic E-state index is 12.8. The predicted octanol–water partition coefficient (Wildman–Crippen LogP) is 7.23. The molecule has 0 aliphatic heterocycles. The first-order chi connectivity index (χ1) is 20.7. The molecule has 0 saturated heterocycles. The Kier molecular flexibility index (Phi) is 10.7. The Morgan fingerprint density at radius 1 is 0.705 bits per heavy atom. The number of hydrogen-bond acceptors (Lipinski definition) is 6. The Hall–Kier alpha value is -2.72. The first-order valence-electron chi connectivity index (χ1n) is 16.2. The standard InChI is InChI=1S/C34H50N4O4S2/c1-7-33(3,4)19-13-15-21-23(17-19)43-31(27(21)29(35)41)37-25(39)11-9-10-12-26(40)38-32-28(30(36)42)22-16-14-20(18-24(22)44-32)34(5,6)8-2/h19-20H,7-18H2,1-6H3,(H2,35,41)(H2,36,42)(H,37,39)(H,38,40). The van der Waals surface area contributed by atoms with Crippen LogP contribution in [0.25, 0.3) is 0 Å². The lowest BCUT2D eigenvalue weighted by atomic mass is 9.69. The minimum atomic E-state index is -0.502. The number of unbranched alkanes of at least 4 members (excludes halogenated alkanes) is 1. The molecule has 4 rings (SSSR count). The molecule has 2 aliphatic rings. The molecular formula is C34H50N4O4S2. The maximum Gasteiger partial charge on any atom is 0.251 e. The second kappa shape index (κ2) is 13.7. The monoisotopic (exact) mass is 642 g/mol. The fourth-order valence-electron chi connectivity index (χ4n) is 6.73. The molecule has 2 aromatic heterocycles. The molecule has 8 nitrogen and oxygen atoms in total. The number of nitrogens with two attached hydrogens (primary N) is 2. The molecule has 0 fully saturated rings. The van der Waals surface area contributed by atoms with Crippen molar-refractivity contribution >= 4 is 56.3 Å². The van der Waals surface area contributed by atoms with E-state index in [0.29, 0.717) is 45.8 Å². The number of amides is 4. The van der Waals surface area contributed by atoms with Gasteiger partial charge in [0.15, 0.2) is 0 Å². The van der Waals surface area contributed by atoms with Crippen LogP contribution < -0.4 is 22.1 Å². The lowest BCUT2D eigenvalue weighted by molar-refractivity contribution is -0.118. The summed E-state index contributed by atoms with van der Waals surface area (Å²) >= 11 is 2.96. The van der Waals surface area contributed by atoms with Crippen LogP contribution in [-0.2, 0) is 35.3 Å². The summed E-state index contributed by atoms with van der Waals surface area (Å²) in [5, 5.41) is 6.97.